The second kappa shape index (κ2) is 7.53. The zero-order valence-corrected chi connectivity index (χ0v) is 16.2. The third-order valence-corrected chi connectivity index (χ3v) is 5.52. The van der Waals surface area contributed by atoms with Crippen LogP contribution in [0.2, 0.25) is 0 Å². The maximum Gasteiger partial charge on any atom is 0.137 e. The Morgan fingerprint density at radius 3 is 2.62 bits per heavy atom. The minimum absolute atomic E-state index is 0.384. The first kappa shape index (κ1) is 17.7. The molecule has 0 bridgehead atoms. The van der Waals surface area contributed by atoms with Gasteiger partial charge in [0.15, 0.2) is 0 Å². The SMILES string of the molecule is N#CCc1cc2ccccc2nc1N1CCN(Cc2cn3ccccc3n2)CC1. The van der Waals surface area contributed by atoms with Gasteiger partial charge in [0.25, 0.3) is 0 Å². The Morgan fingerprint density at radius 1 is 0.966 bits per heavy atom. The molecular formula is C23H22N6. The van der Waals surface area contributed by atoms with Crippen LogP contribution in [-0.4, -0.2) is 45.4 Å². The summed E-state index contributed by atoms with van der Waals surface area (Å²) in [4.78, 5) is 14.4. The van der Waals surface area contributed by atoms with Crippen LogP contribution >= 0.6 is 0 Å². The standard InChI is InChI=1S/C23H22N6/c24-9-8-19-15-18-5-1-2-6-21(18)26-23(19)28-13-11-27(12-14-28)16-20-17-29-10-4-3-7-22(29)25-20/h1-7,10,15,17H,8,11-14,16H2. The molecule has 0 atom stereocenters. The van der Waals surface area contributed by atoms with Crippen molar-refractivity contribution in [3.63, 3.8) is 0 Å². The molecule has 144 valence electrons. The van der Waals surface area contributed by atoms with Crippen molar-refractivity contribution in [1.29, 1.82) is 5.26 Å². The van der Waals surface area contributed by atoms with E-state index in [9.17, 15) is 5.26 Å². The summed E-state index contributed by atoms with van der Waals surface area (Å²) >= 11 is 0. The number of fused-ring (bicyclic) bond motifs is 2. The number of rotatable bonds is 4. The molecule has 1 aliphatic heterocycles. The first-order chi connectivity index (χ1) is 14.3. The molecule has 4 aromatic rings. The molecule has 1 fully saturated rings. The van der Waals surface area contributed by atoms with Crippen LogP contribution in [0.4, 0.5) is 5.82 Å². The van der Waals surface area contributed by atoms with Crippen LogP contribution in [0.15, 0.2) is 60.9 Å². The smallest absolute Gasteiger partial charge is 0.137 e. The first-order valence-corrected chi connectivity index (χ1v) is 9.96. The maximum atomic E-state index is 9.27. The number of aromatic nitrogens is 3. The monoisotopic (exact) mass is 382 g/mol. The molecule has 4 heterocycles. The van der Waals surface area contributed by atoms with E-state index in [0.29, 0.717) is 6.42 Å². The predicted molar refractivity (Wildman–Crippen MR) is 114 cm³/mol. The molecule has 5 rings (SSSR count). The van der Waals surface area contributed by atoms with Gasteiger partial charge in [-0.25, -0.2) is 9.97 Å². The second-order valence-corrected chi connectivity index (χ2v) is 7.46. The molecule has 6 nitrogen and oxygen atoms in total. The van der Waals surface area contributed by atoms with Crippen molar-refractivity contribution in [2.24, 2.45) is 0 Å². The zero-order chi connectivity index (χ0) is 19.6. The van der Waals surface area contributed by atoms with E-state index < -0.39 is 0 Å². The van der Waals surface area contributed by atoms with Crippen LogP contribution in [0.5, 0.6) is 0 Å². The minimum atomic E-state index is 0.384. The molecule has 0 radical (unpaired) electrons. The molecule has 0 aliphatic carbocycles. The summed E-state index contributed by atoms with van der Waals surface area (Å²) in [6.45, 7) is 4.56. The lowest BCUT2D eigenvalue weighted by molar-refractivity contribution is 0.247. The van der Waals surface area contributed by atoms with E-state index in [0.717, 1.165) is 66.3 Å². The van der Waals surface area contributed by atoms with Gasteiger partial charge in [-0.1, -0.05) is 24.3 Å². The molecule has 29 heavy (non-hydrogen) atoms. The number of nitriles is 1. The number of nitrogens with zero attached hydrogens (tertiary/aromatic N) is 6. The van der Waals surface area contributed by atoms with Crippen molar-refractivity contribution >= 4 is 22.4 Å². The molecule has 1 saturated heterocycles. The second-order valence-electron chi connectivity index (χ2n) is 7.46. The Bertz CT molecular complexity index is 1160. The normalized spacial score (nSPS) is 15.1. The Kier molecular flexibility index (Phi) is 4.59. The lowest BCUT2D eigenvalue weighted by atomic mass is 10.1. The summed E-state index contributed by atoms with van der Waals surface area (Å²) in [7, 11) is 0. The van der Waals surface area contributed by atoms with Gasteiger partial charge in [-0.3, -0.25) is 4.90 Å². The summed E-state index contributed by atoms with van der Waals surface area (Å²) in [6.07, 6.45) is 4.53. The number of imidazole rings is 1. The highest BCUT2D eigenvalue weighted by molar-refractivity contribution is 5.82. The first-order valence-electron chi connectivity index (χ1n) is 9.96. The molecule has 0 N–H and O–H groups in total. The molecule has 0 spiro atoms. The molecule has 0 unspecified atom stereocenters. The molecular weight excluding hydrogens is 360 g/mol. The van der Waals surface area contributed by atoms with Gasteiger partial charge < -0.3 is 9.30 Å². The van der Waals surface area contributed by atoms with Gasteiger partial charge >= 0.3 is 0 Å². The minimum Gasteiger partial charge on any atom is -0.354 e. The fraction of sp³-hybridized carbons (Fsp3) is 0.261. The van der Waals surface area contributed by atoms with Crippen molar-refractivity contribution in [1.82, 2.24) is 19.3 Å². The molecule has 3 aromatic heterocycles. The molecule has 0 saturated carbocycles. The number of hydrogen-bond acceptors (Lipinski definition) is 5. The number of anilines is 1. The van der Waals surface area contributed by atoms with Gasteiger partial charge in [-0.05, 0) is 24.3 Å². The van der Waals surface area contributed by atoms with Crippen molar-refractivity contribution in [2.45, 2.75) is 13.0 Å². The van der Waals surface area contributed by atoms with E-state index in [2.05, 4.69) is 38.6 Å². The van der Waals surface area contributed by atoms with Crippen LogP contribution in [0.1, 0.15) is 11.3 Å². The Labute approximate surface area is 169 Å². The highest BCUT2D eigenvalue weighted by Crippen LogP contribution is 2.25. The lowest BCUT2D eigenvalue weighted by Gasteiger charge is -2.36. The number of benzene rings is 1. The van der Waals surface area contributed by atoms with Crippen molar-refractivity contribution in [3.05, 3.63) is 72.2 Å². The summed E-state index contributed by atoms with van der Waals surface area (Å²) in [5.41, 5.74) is 4.08. The molecule has 0 amide bonds. The zero-order valence-electron chi connectivity index (χ0n) is 16.2. The number of hydrogen-bond donors (Lipinski definition) is 0. The average Bonchev–Trinajstić information content (AvgIpc) is 3.16. The number of piperazine rings is 1. The third kappa shape index (κ3) is 3.53. The highest BCUT2D eigenvalue weighted by atomic mass is 15.3. The maximum absolute atomic E-state index is 9.27. The van der Waals surface area contributed by atoms with E-state index in [4.69, 9.17) is 9.97 Å². The summed E-state index contributed by atoms with van der Waals surface area (Å²) in [5, 5.41) is 10.4. The summed E-state index contributed by atoms with van der Waals surface area (Å²) in [5.74, 6) is 0.956. The Morgan fingerprint density at radius 2 is 1.79 bits per heavy atom. The Balaban J connectivity index is 1.32. The highest BCUT2D eigenvalue weighted by Gasteiger charge is 2.21. The van der Waals surface area contributed by atoms with Crippen LogP contribution in [-0.2, 0) is 13.0 Å². The largest absolute Gasteiger partial charge is 0.354 e. The number of pyridine rings is 2. The van der Waals surface area contributed by atoms with Crippen molar-refractivity contribution in [2.75, 3.05) is 31.1 Å². The molecule has 1 aliphatic rings. The van der Waals surface area contributed by atoms with Gasteiger partial charge in [0.1, 0.15) is 11.5 Å². The van der Waals surface area contributed by atoms with Gasteiger partial charge in [0.2, 0.25) is 0 Å². The third-order valence-electron chi connectivity index (χ3n) is 5.52. The van der Waals surface area contributed by atoms with Gasteiger partial charge in [-0.2, -0.15) is 5.26 Å². The fourth-order valence-corrected chi connectivity index (χ4v) is 4.05. The van der Waals surface area contributed by atoms with E-state index in [-0.39, 0.29) is 0 Å². The van der Waals surface area contributed by atoms with Gasteiger partial charge in [0, 0.05) is 56.1 Å². The van der Waals surface area contributed by atoms with E-state index >= 15 is 0 Å². The van der Waals surface area contributed by atoms with Crippen LogP contribution in [0.25, 0.3) is 16.6 Å². The molecule has 6 heteroatoms. The Hall–Kier alpha value is -3.43. The van der Waals surface area contributed by atoms with Crippen LogP contribution < -0.4 is 4.90 Å². The average molecular weight is 382 g/mol. The van der Waals surface area contributed by atoms with E-state index in [1.807, 2.05) is 42.6 Å². The lowest BCUT2D eigenvalue weighted by Crippen LogP contribution is -2.46. The van der Waals surface area contributed by atoms with E-state index in [1.54, 1.807) is 0 Å². The van der Waals surface area contributed by atoms with Gasteiger partial charge in [-0.15, -0.1) is 0 Å². The topological polar surface area (TPSA) is 60.5 Å². The predicted octanol–water partition coefficient (Wildman–Crippen LogP) is 3.27. The van der Waals surface area contributed by atoms with Crippen molar-refractivity contribution in [3.8, 4) is 6.07 Å². The van der Waals surface area contributed by atoms with Crippen LogP contribution in [0.3, 0.4) is 0 Å². The molecule has 1 aromatic carbocycles. The van der Waals surface area contributed by atoms with Crippen LogP contribution in [0, 0.1) is 11.3 Å². The fourth-order valence-electron chi connectivity index (χ4n) is 4.05. The van der Waals surface area contributed by atoms with Gasteiger partial charge in [0.05, 0.1) is 23.7 Å². The van der Waals surface area contributed by atoms with Crippen molar-refractivity contribution < 1.29 is 0 Å². The summed E-state index contributed by atoms with van der Waals surface area (Å²) < 4.78 is 2.07. The van der Waals surface area contributed by atoms with E-state index in [1.165, 1.54) is 0 Å². The number of para-hydroxylation sites is 1. The quantitative estimate of drug-likeness (QED) is 0.542. The summed E-state index contributed by atoms with van der Waals surface area (Å²) in [6, 6.07) is 18.6.